The number of hydrogen-bond acceptors (Lipinski definition) is 4. The van der Waals surface area contributed by atoms with Gasteiger partial charge in [0.05, 0.1) is 0 Å². The predicted molar refractivity (Wildman–Crippen MR) is 67.3 cm³/mol. The molecule has 0 aromatic heterocycles. The van der Waals surface area contributed by atoms with E-state index in [0.29, 0.717) is 6.47 Å². The van der Waals surface area contributed by atoms with Gasteiger partial charge in [-0.1, -0.05) is 6.42 Å². The Morgan fingerprint density at radius 1 is 1.15 bits per heavy atom. The molecular weight excluding hydrogens is 279 g/mol. The standard InChI is InChI=1S/C5H11N.C5H10O2.C2HF3O2/c1-2-4-6-5-3-1;1-5(2,3)7-4-6;3-2(4,5)1(6)7/h6H,1-5H2;4H,1-3H3;(H,6,7). The van der Waals surface area contributed by atoms with Crippen LogP contribution in [0.3, 0.4) is 0 Å². The first kappa shape index (κ1) is 21.0. The number of nitrogens with one attached hydrogen (secondary N) is 1. The first-order valence-corrected chi connectivity index (χ1v) is 6.13. The molecule has 120 valence electrons. The lowest BCUT2D eigenvalue weighted by Crippen LogP contribution is -2.21. The quantitative estimate of drug-likeness (QED) is 0.727. The van der Waals surface area contributed by atoms with Crippen molar-refractivity contribution in [1.82, 2.24) is 5.32 Å². The van der Waals surface area contributed by atoms with Crippen LogP contribution in [-0.2, 0) is 14.3 Å². The van der Waals surface area contributed by atoms with Crippen LogP contribution in [0.1, 0.15) is 40.0 Å². The molecule has 8 heteroatoms. The molecule has 20 heavy (non-hydrogen) atoms. The number of ether oxygens (including phenoxy) is 1. The van der Waals surface area contributed by atoms with Crippen LogP contribution in [0.15, 0.2) is 0 Å². The van der Waals surface area contributed by atoms with Gasteiger partial charge in [-0.25, -0.2) is 4.79 Å². The minimum atomic E-state index is -5.08. The molecule has 1 rings (SSSR count). The number of halogens is 3. The van der Waals surface area contributed by atoms with Gasteiger partial charge in [-0.3, -0.25) is 4.79 Å². The molecule has 0 bridgehead atoms. The summed E-state index contributed by atoms with van der Waals surface area (Å²) in [6.07, 6.45) is -0.868. The summed E-state index contributed by atoms with van der Waals surface area (Å²) in [5.41, 5.74) is -0.318. The number of carbonyl (C=O) groups is 2. The molecule has 1 fully saturated rings. The number of carboxylic acids is 1. The van der Waals surface area contributed by atoms with E-state index >= 15 is 0 Å². The third-order valence-corrected chi connectivity index (χ3v) is 1.85. The van der Waals surface area contributed by atoms with Crippen LogP contribution in [0.5, 0.6) is 0 Å². The largest absolute Gasteiger partial charge is 0.490 e. The molecule has 1 aliphatic rings. The lowest BCUT2D eigenvalue weighted by Gasteiger charge is -2.14. The molecule has 0 amide bonds. The van der Waals surface area contributed by atoms with Gasteiger partial charge in [-0.15, -0.1) is 0 Å². The Labute approximate surface area is 116 Å². The maximum atomic E-state index is 10.6. The fraction of sp³-hybridized carbons (Fsp3) is 0.833. The van der Waals surface area contributed by atoms with E-state index in [4.69, 9.17) is 9.90 Å². The number of piperidine rings is 1. The van der Waals surface area contributed by atoms with Crippen molar-refractivity contribution in [3.8, 4) is 0 Å². The van der Waals surface area contributed by atoms with E-state index in [1.807, 2.05) is 20.8 Å². The molecule has 1 saturated heterocycles. The average molecular weight is 301 g/mol. The van der Waals surface area contributed by atoms with Gasteiger partial charge < -0.3 is 15.2 Å². The maximum Gasteiger partial charge on any atom is 0.490 e. The first-order chi connectivity index (χ1) is 9.00. The van der Waals surface area contributed by atoms with Crippen LogP contribution in [0.25, 0.3) is 0 Å². The van der Waals surface area contributed by atoms with Crippen molar-refractivity contribution < 1.29 is 32.6 Å². The van der Waals surface area contributed by atoms with Crippen LogP contribution in [0.4, 0.5) is 13.2 Å². The highest BCUT2D eigenvalue weighted by atomic mass is 19.4. The van der Waals surface area contributed by atoms with Crippen molar-refractivity contribution in [1.29, 1.82) is 0 Å². The van der Waals surface area contributed by atoms with Crippen molar-refractivity contribution in [2.24, 2.45) is 0 Å². The molecular formula is C12H22F3NO4. The summed E-state index contributed by atoms with van der Waals surface area (Å²) in [4.78, 5) is 18.5. The number of alkyl halides is 3. The Kier molecular flexibility index (Phi) is 11.0. The number of carboxylic acid groups (broad SMARTS) is 1. The molecule has 1 aliphatic heterocycles. The van der Waals surface area contributed by atoms with E-state index in [-0.39, 0.29) is 5.60 Å². The molecule has 0 spiro atoms. The van der Waals surface area contributed by atoms with Crippen molar-refractivity contribution in [3.63, 3.8) is 0 Å². The molecule has 5 nitrogen and oxygen atoms in total. The average Bonchev–Trinajstić information content (AvgIpc) is 2.30. The van der Waals surface area contributed by atoms with Crippen LogP contribution in [0.2, 0.25) is 0 Å². The van der Waals surface area contributed by atoms with E-state index in [9.17, 15) is 18.0 Å². The van der Waals surface area contributed by atoms with Gasteiger partial charge >= 0.3 is 12.1 Å². The Morgan fingerprint density at radius 3 is 1.60 bits per heavy atom. The highest BCUT2D eigenvalue weighted by molar-refractivity contribution is 5.73. The summed E-state index contributed by atoms with van der Waals surface area (Å²) < 4.78 is 36.3. The van der Waals surface area contributed by atoms with Crippen LogP contribution in [0, 0.1) is 0 Å². The zero-order chi connectivity index (χ0) is 16.2. The van der Waals surface area contributed by atoms with Crippen LogP contribution >= 0.6 is 0 Å². The van der Waals surface area contributed by atoms with E-state index in [0.717, 1.165) is 0 Å². The van der Waals surface area contributed by atoms with Gasteiger partial charge in [-0.2, -0.15) is 13.2 Å². The first-order valence-electron chi connectivity index (χ1n) is 6.13. The van der Waals surface area contributed by atoms with Gasteiger partial charge in [0, 0.05) is 0 Å². The van der Waals surface area contributed by atoms with Gasteiger partial charge in [-0.05, 0) is 46.7 Å². The molecule has 0 aliphatic carbocycles. The summed E-state index contributed by atoms with van der Waals surface area (Å²) >= 11 is 0. The Bertz CT molecular complexity index is 259. The summed E-state index contributed by atoms with van der Waals surface area (Å²) in [5.74, 6) is -2.76. The monoisotopic (exact) mass is 301 g/mol. The topological polar surface area (TPSA) is 75.6 Å². The van der Waals surface area contributed by atoms with E-state index in [1.54, 1.807) is 0 Å². The lowest BCUT2D eigenvalue weighted by molar-refractivity contribution is -0.192. The predicted octanol–water partition coefficient (Wildman–Crippen LogP) is 2.35. The highest BCUT2D eigenvalue weighted by Crippen LogP contribution is 2.13. The number of rotatable bonds is 1. The molecule has 0 radical (unpaired) electrons. The molecule has 1 heterocycles. The fourth-order valence-electron chi connectivity index (χ4n) is 0.946. The minimum absolute atomic E-state index is 0.318. The van der Waals surface area contributed by atoms with E-state index < -0.39 is 12.1 Å². The Balaban J connectivity index is 0. The number of aliphatic carboxylic acids is 1. The van der Waals surface area contributed by atoms with Crippen molar-refractivity contribution >= 4 is 12.4 Å². The van der Waals surface area contributed by atoms with Crippen molar-refractivity contribution in [2.45, 2.75) is 51.8 Å². The SMILES string of the molecule is C1CCNCC1.CC(C)(C)OC=O.O=C(O)C(F)(F)F. The normalized spacial score (nSPS) is 14.9. The number of hydrogen-bond donors (Lipinski definition) is 2. The fourth-order valence-corrected chi connectivity index (χ4v) is 0.946. The summed E-state index contributed by atoms with van der Waals surface area (Å²) in [6.45, 7) is 8.42. The van der Waals surface area contributed by atoms with Gasteiger partial charge in [0.15, 0.2) is 0 Å². The zero-order valence-corrected chi connectivity index (χ0v) is 11.9. The van der Waals surface area contributed by atoms with Crippen molar-refractivity contribution in [2.75, 3.05) is 13.1 Å². The van der Waals surface area contributed by atoms with E-state index in [2.05, 4.69) is 10.1 Å². The van der Waals surface area contributed by atoms with E-state index in [1.165, 1.54) is 32.4 Å². The third kappa shape index (κ3) is 19.0. The smallest absolute Gasteiger partial charge is 0.475 e. The van der Waals surface area contributed by atoms with Crippen LogP contribution < -0.4 is 5.32 Å². The van der Waals surface area contributed by atoms with Gasteiger partial charge in [0.25, 0.3) is 6.47 Å². The Morgan fingerprint density at radius 2 is 1.55 bits per heavy atom. The second kappa shape index (κ2) is 10.5. The number of carbonyl (C=O) groups excluding carboxylic acids is 1. The van der Waals surface area contributed by atoms with Crippen molar-refractivity contribution in [3.05, 3.63) is 0 Å². The maximum absolute atomic E-state index is 10.6. The highest BCUT2D eigenvalue weighted by Gasteiger charge is 2.38. The second-order valence-electron chi connectivity index (χ2n) is 4.94. The molecule has 2 N–H and O–H groups in total. The summed E-state index contributed by atoms with van der Waals surface area (Å²) in [6, 6.07) is 0. The van der Waals surface area contributed by atoms with Crippen LogP contribution in [-0.4, -0.2) is 42.4 Å². The molecule has 0 unspecified atom stereocenters. The molecule has 0 atom stereocenters. The van der Waals surface area contributed by atoms with Gasteiger partial charge in [0.2, 0.25) is 0 Å². The second-order valence-corrected chi connectivity index (χ2v) is 4.94. The third-order valence-electron chi connectivity index (χ3n) is 1.85. The summed E-state index contributed by atoms with van der Waals surface area (Å²) in [7, 11) is 0. The Hall–Kier alpha value is -1.31. The lowest BCUT2D eigenvalue weighted by atomic mass is 10.2. The van der Waals surface area contributed by atoms with Gasteiger partial charge in [0.1, 0.15) is 5.60 Å². The summed E-state index contributed by atoms with van der Waals surface area (Å²) in [5, 5.41) is 10.4. The zero-order valence-electron chi connectivity index (χ0n) is 11.9. The molecule has 0 aromatic carbocycles. The molecule has 0 aromatic rings. The minimum Gasteiger partial charge on any atom is -0.475 e. The molecule has 0 saturated carbocycles.